The molecular formula is C22H33IN4O2. The van der Waals surface area contributed by atoms with Crippen molar-refractivity contribution in [2.24, 2.45) is 4.99 Å². The van der Waals surface area contributed by atoms with Crippen LogP contribution in [0, 0.1) is 6.92 Å². The molecule has 2 aromatic rings. The molecule has 2 heterocycles. The average Bonchev–Trinajstić information content (AvgIpc) is 3.39. The highest BCUT2D eigenvalue weighted by molar-refractivity contribution is 14.0. The summed E-state index contributed by atoms with van der Waals surface area (Å²) in [5.74, 6) is 3.65. The van der Waals surface area contributed by atoms with E-state index in [9.17, 15) is 0 Å². The zero-order chi connectivity index (χ0) is 19.8. The number of aliphatic imine (C=N–C) groups is 1. The summed E-state index contributed by atoms with van der Waals surface area (Å²) in [6.07, 6.45) is 2.50. The first-order chi connectivity index (χ1) is 13.7. The Morgan fingerprint density at radius 3 is 2.66 bits per heavy atom. The Morgan fingerprint density at radius 1 is 1.21 bits per heavy atom. The van der Waals surface area contributed by atoms with Crippen molar-refractivity contribution in [3.05, 3.63) is 53.5 Å². The van der Waals surface area contributed by atoms with Gasteiger partial charge >= 0.3 is 0 Å². The highest BCUT2D eigenvalue weighted by Gasteiger charge is 2.26. The quantitative estimate of drug-likeness (QED) is 0.317. The van der Waals surface area contributed by atoms with Gasteiger partial charge in [-0.2, -0.15) is 0 Å². The van der Waals surface area contributed by atoms with Crippen LogP contribution >= 0.6 is 24.0 Å². The third kappa shape index (κ3) is 6.92. The summed E-state index contributed by atoms with van der Waals surface area (Å²) in [7, 11) is 1.68. The van der Waals surface area contributed by atoms with Gasteiger partial charge in [0.05, 0.1) is 19.7 Å². The number of methoxy groups -OCH3 is 1. The predicted octanol–water partition coefficient (Wildman–Crippen LogP) is 4.11. The van der Waals surface area contributed by atoms with E-state index in [-0.39, 0.29) is 30.0 Å². The van der Waals surface area contributed by atoms with Gasteiger partial charge in [0.2, 0.25) is 0 Å². The molecular weight excluding hydrogens is 479 g/mol. The van der Waals surface area contributed by atoms with Gasteiger partial charge < -0.3 is 19.8 Å². The van der Waals surface area contributed by atoms with Crippen LogP contribution in [-0.2, 0) is 6.54 Å². The van der Waals surface area contributed by atoms with Gasteiger partial charge in [0.15, 0.2) is 5.96 Å². The van der Waals surface area contributed by atoms with Crippen LogP contribution in [0.25, 0.3) is 0 Å². The van der Waals surface area contributed by atoms with Crippen LogP contribution < -0.4 is 15.4 Å². The molecule has 1 aromatic heterocycles. The molecule has 1 unspecified atom stereocenters. The van der Waals surface area contributed by atoms with E-state index in [1.165, 1.54) is 12.8 Å². The Labute approximate surface area is 191 Å². The van der Waals surface area contributed by atoms with Crippen molar-refractivity contribution < 1.29 is 9.15 Å². The van der Waals surface area contributed by atoms with Crippen molar-refractivity contribution >= 4 is 29.9 Å². The molecule has 1 aliphatic heterocycles. The minimum Gasteiger partial charge on any atom is -0.497 e. The van der Waals surface area contributed by atoms with Crippen molar-refractivity contribution in [2.75, 3.05) is 33.3 Å². The molecule has 0 radical (unpaired) electrons. The topological polar surface area (TPSA) is 62.0 Å². The fraction of sp³-hybridized carbons (Fsp3) is 0.500. The lowest BCUT2D eigenvalue weighted by atomic mass is 10.2. The van der Waals surface area contributed by atoms with Gasteiger partial charge in [-0.05, 0) is 69.6 Å². The number of guanidine groups is 1. The van der Waals surface area contributed by atoms with Crippen LogP contribution in [0.5, 0.6) is 5.75 Å². The van der Waals surface area contributed by atoms with E-state index in [1.54, 1.807) is 7.11 Å². The molecule has 2 N–H and O–H groups in total. The van der Waals surface area contributed by atoms with Gasteiger partial charge in [-0.3, -0.25) is 4.90 Å². The summed E-state index contributed by atoms with van der Waals surface area (Å²) in [5, 5.41) is 6.85. The molecule has 6 nitrogen and oxygen atoms in total. The second-order valence-electron chi connectivity index (χ2n) is 7.13. The number of likely N-dealkylation sites (tertiary alicyclic amines) is 1. The molecule has 1 aromatic carbocycles. The number of aryl methyl sites for hydroxylation is 1. The third-order valence-corrected chi connectivity index (χ3v) is 5.03. The molecule has 0 bridgehead atoms. The van der Waals surface area contributed by atoms with Crippen molar-refractivity contribution in [3.63, 3.8) is 0 Å². The number of nitrogens with one attached hydrogen (secondary N) is 2. The first-order valence-corrected chi connectivity index (χ1v) is 10.1. The average molecular weight is 512 g/mol. The molecule has 3 rings (SSSR count). The fourth-order valence-corrected chi connectivity index (χ4v) is 3.57. The van der Waals surface area contributed by atoms with Gasteiger partial charge in [0.25, 0.3) is 0 Å². The zero-order valence-electron chi connectivity index (χ0n) is 17.6. The maximum absolute atomic E-state index is 5.95. The van der Waals surface area contributed by atoms with E-state index in [4.69, 9.17) is 14.1 Å². The van der Waals surface area contributed by atoms with Crippen LogP contribution in [-0.4, -0.2) is 44.1 Å². The molecule has 0 spiro atoms. The van der Waals surface area contributed by atoms with Crippen molar-refractivity contribution in [1.29, 1.82) is 0 Å². The highest BCUT2D eigenvalue weighted by Crippen LogP contribution is 2.26. The second-order valence-corrected chi connectivity index (χ2v) is 7.13. The van der Waals surface area contributed by atoms with E-state index in [2.05, 4.69) is 34.6 Å². The van der Waals surface area contributed by atoms with Crippen LogP contribution in [0.2, 0.25) is 0 Å². The first-order valence-electron chi connectivity index (χ1n) is 10.1. The molecule has 29 heavy (non-hydrogen) atoms. The molecule has 1 saturated heterocycles. The van der Waals surface area contributed by atoms with E-state index >= 15 is 0 Å². The fourth-order valence-electron chi connectivity index (χ4n) is 3.57. The van der Waals surface area contributed by atoms with Gasteiger partial charge in [-0.15, -0.1) is 24.0 Å². The number of ether oxygens (including phenoxy) is 1. The minimum absolute atomic E-state index is 0. The maximum Gasteiger partial charge on any atom is 0.191 e. The zero-order valence-corrected chi connectivity index (χ0v) is 19.9. The lowest BCUT2D eigenvalue weighted by Crippen LogP contribution is -2.42. The Kier molecular flexibility index (Phi) is 9.80. The second kappa shape index (κ2) is 12.1. The summed E-state index contributed by atoms with van der Waals surface area (Å²) in [6, 6.07) is 12.4. The molecule has 160 valence electrons. The van der Waals surface area contributed by atoms with Crippen LogP contribution in [0.15, 0.2) is 45.8 Å². The SMILES string of the molecule is CCNC(=NCc1cccc(OC)c1)NCC(c1ccc(C)o1)N1CCCC1.I. The van der Waals surface area contributed by atoms with Crippen LogP contribution in [0.4, 0.5) is 0 Å². The summed E-state index contributed by atoms with van der Waals surface area (Å²) in [4.78, 5) is 7.24. The molecule has 0 amide bonds. The van der Waals surface area contributed by atoms with Crippen molar-refractivity contribution in [2.45, 2.75) is 39.3 Å². The standard InChI is InChI=1S/C22H32N4O2.HI/c1-4-23-22(24-15-18-8-7-9-19(14-18)27-3)25-16-20(26-12-5-6-13-26)21-11-10-17(2)28-21;/h7-11,14,20H,4-6,12-13,15-16H2,1-3H3,(H2,23,24,25);1H. The predicted molar refractivity (Wildman–Crippen MR) is 128 cm³/mol. The summed E-state index contributed by atoms with van der Waals surface area (Å²) < 4.78 is 11.2. The normalized spacial score (nSPS) is 15.6. The van der Waals surface area contributed by atoms with E-state index < -0.39 is 0 Å². The number of benzene rings is 1. The number of hydrogen-bond donors (Lipinski definition) is 2. The number of halogens is 1. The van der Waals surface area contributed by atoms with E-state index in [0.29, 0.717) is 6.54 Å². The first kappa shape index (κ1) is 23.5. The van der Waals surface area contributed by atoms with E-state index in [0.717, 1.165) is 55.0 Å². The molecule has 0 saturated carbocycles. The maximum atomic E-state index is 5.95. The number of nitrogens with zero attached hydrogens (tertiary/aromatic N) is 2. The molecule has 0 aliphatic carbocycles. The van der Waals surface area contributed by atoms with Crippen molar-refractivity contribution in [3.8, 4) is 5.75 Å². The van der Waals surface area contributed by atoms with Gasteiger partial charge in [-0.25, -0.2) is 4.99 Å². The summed E-state index contributed by atoms with van der Waals surface area (Å²) >= 11 is 0. The lowest BCUT2D eigenvalue weighted by Gasteiger charge is -2.26. The van der Waals surface area contributed by atoms with Crippen LogP contribution in [0.3, 0.4) is 0 Å². The van der Waals surface area contributed by atoms with Gasteiger partial charge in [-0.1, -0.05) is 12.1 Å². The van der Waals surface area contributed by atoms with Crippen molar-refractivity contribution in [1.82, 2.24) is 15.5 Å². The molecule has 1 aliphatic rings. The number of furan rings is 1. The molecule has 1 atom stereocenters. The minimum atomic E-state index is 0. The number of rotatable bonds is 8. The third-order valence-electron chi connectivity index (χ3n) is 5.03. The van der Waals surface area contributed by atoms with Gasteiger partial charge in [0, 0.05) is 13.1 Å². The largest absolute Gasteiger partial charge is 0.497 e. The molecule has 7 heteroatoms. The van der Waals surface area contributed by atoms with E-state index in [1.807, 2.05) is 31.2 Å². The Hall–Kier alpha value is -1.74. The highest BCUT2D eigenvalue weighted by atomic mass is 127. The van der Waals surface area contributed by atoms with Crippen LogP contribution in [0.1, 0.15) is 42.9 Å². The van der Waals surface area contributed by atoms with Gasteiger partial charge in [0.1, 0.15) is 17.3 Å². The summed E-state index contributed by atoms with van der Waals surface area (Å²) in [6.45, 7) is 8.48. The monoisotopic (exact) mass is 512 g/mol. The Bertz CT molecular complexity index is 772. The lowest BCUT2D eigenvalue weighted by molar-refractivity contribution is 0.213. The smallest absolute Gasteiger partial charge is 0.191 e. The Balaban J connectivity index is 0.00000300. The summed E-state index contributed by atoms with van der Waals surface area (Å²) in [5.41, 5.74) is 1.12. The number of hydrogen-bond acceptors (Lipinski definition) is 4. The molecule has 1 fully saturated rings. The Morgan fingerprint density at radius 2 is 2.00 bits per heavy atom.